The number of carbonyl (C=O) groups excluding carboxylic acids is 1. The molecule has 2 heterocycles. The average molecular weight is 275 g/mol. The Hall–Kier alpha value is -0.390. The topological polar surface area (TPSA) is 41.1 Å². The van der Waals surface area contributed by atoms with E-state index in [1.54, 1.807) is 11.3 Å². The van der Waals surface area contributed by atoms with Crippen molar-refractivity contribution in [3.05, 3.63) is 20.8 Å². The maximum Gasteiger partial charge on any atom is 0.221 e. The molecule has 0 aromatic carbocycles. The Kier molecular flexibility index (Phi) is 3.20. The van der Waals surface area contributed by atoms with Crippen molar-refractivity contribution < 1.29 is 4.79 Å². The highest BCUT2D eigenvalue weighted by molar-refractivity contribution is 9.11. The minimum absolute atomic E-state index is 0.148. The number of halogens is 1. The van der Waals surface area contributed by atoms with Crippen molar-refractivity contribution in [2.75, 3.05) is 6.54 Å². The van der Waals surface area contributed by atoms with Crippen molar-refractivity contribution in [1.29, 1.82) is 0 Å². The second kappa shape index (κ2) is 4.42. The van der Waals surface area contributed by atoms with E-state index in [1.807, 2.05) is 6.07 Å². The SMILES string of the molecule is O=C1CC(NCc2ccc(Br)s2)CN1. The molecule has 0 spiro atoms. The van der Waals surface area contributed by atoms with Crippen LogP contribution in [0.25, 0.3) is 0 Å². The van der Waals surface area contributed by atoms with Crippen molar-refractivity contribution in [2.45, 2.75) is 19.0 Å². The van der Waals surface area contributed by atoms with Crippen LogP contribution in [0.4, 0.5) is 0 Å². The maximum atomic E-state index is 10.9. The van der Waals surface area contributed by atoms with Gasteiger partial charge in [-0.15, -0.1) is 11.3 Å². The molecule has 3 nitrogen and oxygen atoms in total. The quantitative estimate of drug-likeness (QED) is 0.877. The molecule has 1 fully saturated rings. The first-order valence-corrected chi connectivity index (χ1v) is 6.09. The Labute approximate surface area is 95.0 Å². The molecule has 1 aromatic rings. The van der Waals surface area contributed by atoms with Crippen molar-refractivity contribution in [1.82, 2.24) is 10.6 Å². The van der Waals surface area contributed by atoms with Gasteiger partial charge in [0.15, 0.2) is 0 Å². The molecule has 14 heavy (non-hydrogen) atoms. The molecule has 1 atom stereocenters. The van der Waals surface area contributed by atoms with E-state index in [-0.39, 0.29) is 5.91 Å². The summed E-state index contributed by atoms with van der Waals surface area (Å²) < 4.78 is 1.15. The summed E-state index contributed by atoms with van der Waals surface area (Å²) in [5, 5.41) is 6.15. The summed E-state index contributed by atoms with van der Waals surface area (Å²) in [7, 11) is 0. The first-order valence-electron chi connectivity index (χ1n) is 4.48. The van der Waals surface area contributed by atoms with E-state index in [2.05, 4.69) is 32.6 Å². The molecule has 1 aromatic heterocycles. The largest absolute Gasteiger partial charge is 0.354 e. The van der Waals surface area contributed by atoms with E-state index in [9.17, 15) is 4.79 Å². The van der Waals surface area contributed by atoms with Gasteiger partial charge in [0.1, 0.15) is 0 Å². The molecular formula is C9H11BrN2OS. The Morgan fingerprint density at radius 1 is 1.64 bits per heavy atom. The molecule has 0 saturated carbocycles. The second-order valence-corrected chi connectivity index (χ2v) is 5.84. The first-order chi connectivity index (χ1) is 6.74. The predicted molar refractivity (Wildman–Crippen MR) is 60.3 cm³/mol. The average Bonchev–Trinajstić information content (AvgIpc) is 2.72. The zero-order chi connectivity index (χ0) is 9.97. The van der Waals surface area contributed by atoms with Gasteiger partial charge in [0, 0.05) is 30.4 Å². The van der Waals surface area contributed by atoms with Gasteiger partial charge in [-0.1, -0.05) is 0 Å². The van der Waals surface area contributed by atoms with Gasteiger partial charge in [0.2, 0.25) is 5.91 Å². The van der Waals surface area contributed by atoms with Gasteiger partial charge >= 0.3 is 0 Å². The summed E-state index contributed by atoms with van der Waals surface area (Å²) in [4.78, 5) is 12.2. The van der Waals surface area contributed by atoms with E-state index < -0.39 is 0 Å². The van der Waals surface area contributed by atoms with Gasteiger partial charge in [-0.2, -0.15) is 0 Å². The van der Waals surface area contributed by atoms with E-state index in [4.69, 9.17) is 0 Å². The molecule has 1 aliphatic rings. The third-order valence-electron chi connectivity index (χ3n) is 2.17. The van der Waals surface area contributed by atoms with Crippen LogP contribution in [0.5, 0.6) is 0 Å². The highest BCUT2D eigenvalue weighted by Crippen LogP contribution is 2.21. The van der Waals surface area contributed by atoms with Crippen molar-refractivity contribution in [3.8, 4) is 0 Å². The van der Waals surface area contributed by atoms with Gasteiger partial charge in [-0.25, -0.2) is 0 Å². The molecule has 0 bridgehead atoms. The Morgan fingerprint density at radius 3 is 3.07 bits per heavy atom. The van der Waals surface area contributed by atoms with Gasteiger partial charge in [-0.05, 0) is 28.1 Å². The number of amides is 1. The highest BCUT2D eigenvalue weighted by atomic mass is 79.9. The summed E-state index contributed by atoms with van der Waals surface area (Å²) in [5.74, 6) is 0.148. The van der Waals surface area contributed by atoms with E-state index >= 15 is 0 Å². The highest BCUT2D eigenvalue weighted by Gasteiger charge is 2.20. The van der Waals surface area contributed by atoms with Crippen LogP contribution in [0.1, 0.15) is 11.3 Å². The second-order valence-electron chi connectivity index (χ2n) is 3.29. The van der Waals surface area contributed by atoms with Crippen molar-refractivity contribution in [3.63, 3.8) is 0 Å². The Morgan fingerprint density at radius 2 is 2.50 bits per heavy atom. The maximum absolute atomic E-state index is 10.9. The van der Waals surface area contributed by atoms with Gasteiger partial charge in [0.25, 0.3) is 0 Å². The zero-order valence-corrected chi connectivity index (χ0v) is 9.95. The molecule has 2 rings (SSSR count). The number of carbonyl (C=O) groups is 1. The standard InChI is InChI=1S/C9H11BrN2OS/c10-8-2-1-7(14-8)5-11-6-3-9(13)12-4-6/h1-2,6,11H,3-5H2,(H,12,13). The molecule has 1 saturated heterocycles. The number of hydrogen-bond donors (Lipinski definition) is 2. The molecular weight excluding hydrogens is 264 g/mol. The smallest absolute Gasteiger partial charge is 0.221 e. The molecule has 0 radical (unpaired) electrons. The Balaban J connectivity index is 1.80. The lowest BCUT2D eigenvalue weighted by Gasteiger charge is -2.07. The lowest BCUT2D eigenvalue weighted by atomic mass is 10.2. The van der Waals surface area contributed by atoms with Crippen molar-refractivity contribution >= 4 is 33.2 Å². The van der Waals surface area contributed by atoms with Crippen LogP contribution in [0.2, 0.25) is 0 Å². The molecule has 0 aliphatic carbocycles. The van der Waals surface area contributed by atoms with Crippen LogP contribution < -0.4 is 10.6 Å². The fraction of sp³-hybridized carbons (Fsp3) is 0.444. The minimum Gasteiger partial charge on any atom is -0.354 e. The lowest BCUT2D eigenvalue weighted by Crippen LogP contribution is -2.30. The summed E-state index contributed by atoms with van der Waals surface area (Å²) in [6, 6.07) is 4.43. The Bertz CT molecular complexity index is 339. The third-order valence-corrected chi connectivity index (χ3v) is 3.79. The van der Waals surface area contributed by atoms with Crippen LogP contribution >= 0.6 is 27.3 Å². The van der Waals surface area contributed by atoms with Gasteiger partial charge in [0.05, 0.1) is 3.79 Å². The summed E-state index contributed by atoms with van der Waals surface area (Å²) in [6.45, 7) is 1.60. The molecule has 1 unspecified atom stereocenters. The summed E-state index contributed by atoms with van der Waals surface area (Å²) in [5.41, 5.74) is 0. The molecule has 1 aliphatic heterocycles. The number of thiophene rings is 1. The first kappa shape index (κ1) is 10.1. The number of hydrogen-bond acceptors (Lipinski definition) is 3. The molecule has 1 amide bonds. The van der Waals surface area contributed by atoms with Gasteiger partial charge < -0.3 is 10.6 Å². The predicted octanol–water partition coefficient (Wildman–Crippen LogP) is 1.49. The summed E-state index contributed by atoms with van der Waals surface area (Å²) in [6.07, 6.45) is 0.604. The molecule has 5 heteroatoms. The zero-order valence-electron chi connectivity index (χ0n) is 7.55. The molecule has 2 N–H and O–H groups in total. The fourth-order valence-corrected chi connectivity index (χ4v) is 2.88. The number of rotatable bonds is 3. The summed E-state index contributed by atoms with van der Waals surface area (Å²) >= 11 is 5.14. The van der Waals surface area contributed by atoms with Gasteiger partial charge in [-0.3, -0.25) is 4.79 Å². The van der Waals surface area contributed by atoms with Crippen molar-refractivity contribution in [2.24, 2.45) is 0 Å². The van der Waals surface area contributed by atoms with E-state index in [0.717, 1.165) is 16.9 Å². The molecule has 76 valence electrons. The van der Waals surface area contributed by atoms with Crippen LogP contribution in [-0.2, 0) is 11.3 Å². The van der Waals surface area contributed by atoms with Crippen LogP contribution in [0.15, 0.2) is 15.9 Å². The van der Waals surface area contributed by atoms with E-state index in [1.165, 1.54) is 4.88 Å². The van der Waals surface area contributed by atoms with Crippen LogP contribution in [0, 0.1) is 0 Å². The van der Waals surface area contributed by atoms with Crippen LogP contribution in [-0.4, -0.2) is 18.5 Å². The van der Waals surface area contributed by atoms with Crippen LogP contribution in [0.3, 0.4) is 0 Å². The monoisotopic (exact) mass is 274 g/mol. The lowest BCUT2D eigenvalue weighted by molar-refractivity contribution is -0.119. The number of nitrogens with one attached hydrogen (secondary N) is 2. The fourth-order valence-electron chi connectivity index (χ4n) is 1.44. The minimum atomic E-state index is 0.148. The third kappa shape index (κ3) is 2.56. The van der Waals surface area contributed by atoms with E-state index in [0.29, 0.717) is 12.5 Å². The normalized spacial score (nSPS) is 21.2.